The molecule has 1 fully saturated rings. The van der Waals surface area contributed by atoms with Crippen molar-refractivity contribution in [3.05, 3.63) is 65.9 Å². The minimum absolute atomic E-state index is 0.282. The summed E-state index contributed by atoms with van der Waals surface area (Å²) >= 11 is 0. The molecule has 1 aliphatic heterocycles. The van der Waals surface area contributed by atoms with Gasteiger partial charge in [0.2, 0.25) is 0 Å². The Morgan fingerprint density at radius 1 is 1.41 bits per heavy atom. The van der Waals surface area contributed by atoms with Gasteiger partial charge >= 0.3 is 0 Å². The van der Waals surface area contributed by atoms with Crippen molar-refractivity contribution >= 4 is 16.8 Å². The Labute approximate surface area is 187 Å². The molecule has 0 aliphatic carbocycles. The lowest BCUT2D eigenvalue weighted by Crippen LogP contribution is -2.30. The normalized spacial score (nSPS) is 16.7. The van der Waals surface area contributed by atoms with Gasteiger partial charge < -0.3 is 15.8 Å². The molecule has 3 N–H and O–H groups in total. The van der Waals surface area contributed by atoms with Crippen LogP contribution in [0.3, 0.4) is 0 Å². The van der Waals surface area contributed by atoms with E-state index < -0.39 is 0 Å². The Morgan fingerprint density at radius 2 is 2.22 bits per heavy atom. The van der Waals surface area contributed by atoms with Crippen LogP contribution in [0.4, 0.5) is 0 Å². The van der Waals surface area contributed by atoms with Crippen molar-refractivity contribution in [3.8, 4) is 11.8 Å². The van der Waals surface area contributed by atoms with Crippen LogP contribution in [-0.2, 0) is 0 Å². The van der Waals surface area contributed by atoms with Crippen molar-refractivity contribution in [2.75, 3.05) is 13.1 Å². The van der Waals surface area contributed by atoms with E-state index in [1.807, 2.05) is 44.3 Å². The van der Waals surface area contributed by atoms with Crippen LogP contribution in [0.2, 0.25) is 0 Å². The summed E-state index contributed by atoms with van der Waals surface area (Å²) in [5, 5.41) is 17.3. The van der Waals surface area contributed by atoms with Crippen molar-refractivity contribution < 1.29 is 4.74 Å². The van der Waals surface area contributed by atoms with Crippen LogP contribution in [0.25, 0.3) is 11.1 Å². The van der Waals surface area contributed by atoms with Gasteiger partial charge in [0.05, 0.1) is 17.9 Å². The van der Waals surface area contributed by atoms with E-state index in [2.05, 4.69) is 21.5 Å². The summed E-state index contributed by atoms with van der Waals surface area (Å²) in [6.07, 6.45) is 8.40. The molecule has 0 saturated carbocycles. The lowest BCUT2D eigenvalue weighted by Gasteiger charge is -2.21. The lowest BCUT2D eigenvalue weighted by atomic mass is 10.0. The molecule has 164 valence electrons. The first-order chi connectivity index (χ1) is 15.6. The average Bonchev–Trinajstić information content (AvgIpc) is 3.24. The number of nitrogens with two attached hydrogens (primary N) is 1. The molecule has 32 heavy (non-hydrogen) atoms. The molecule has 0 aromatic carbocycles. The molecule has 8 heteroatoms. The van der Waals surface area contributed by atoms with Crippen LogP contribution in [0, 0.1) is 11.3 Å². The molecule has 4 rings (SSSR count). The summed E-state index contributed by atoms with van der Waals surface area (Å²) in [7, 11) is 0. The number of nitriles is 1. The number of nitrogens with one attached hydrogen (secondary N) is 1. The van der Waals surface area contributed by atoms with Crippen LogP contribution >= 0.6 is 0 Å². The molecule has 4 heterocycles. The highest BCUT2D eigenvalue weighted by molar-refractivity contribution is 6.22. The second-order valence-electron chi connectivity index (χ2n) is 7.85. The first kappa shape index (κ1) is 21.5. The van der Waals surface area contributed by atoms with Gasteiger partial charge in [-0.1, -0.05) is 6.07 Å². The monoisotopic (exact) mass is 429 g/mol. The third kappa shape index (κ3) is 4.48. The highest BCUT2D eigenvalue weighted by atomic mass is 16.5. The van der Waals surface area contributed by atoms with Gasteiger partial charge in [-0.2, -0.15) is 10.4 Å². The molecular formula is C24H27N7O. The second-order valence-corrected chi connectivity index (χ2v) is 7.85. The molecular weight excluding hydrogens is 402 g/mol. The molecule has 0 amide bonds. The topological polar surface area (TPSA) is 114 Å². The molecule has 0 radical (unpaired) electrons. The van der Waals surface area contributed by atoms with Gasteiger partial charge in [0, 0.05) is 35.4 Å². The van der Waals surface area contributed by atoms with E-state index in [0.717, 1.165) is 48.5 Å². The van der Waals surface area contributed by atoms with Crippen LogP contribution in [0.1, 0.15) is 49.6 Å². The number of nitrogens with zero attached hydrogens (tertiary/aromatic N) is 5. The fourth-order valence-corrected chi connectivity index (χ4v) is 3.98. The second kappa shape index (κ2) is 9.62. The zero-order valence-corrected chi connectivity index (χ0v) is 18.3. The minimum atomic E-state index is -0.313. The van der Waals surface area contributed by atoms with Crippen LogP contribution in [-0.4, -0.2) is 39.4 Å². The van der Waals surface area contributed by atoms with E-state index in [9.17, 15) is 5.26 Å². The highest BCUT2D eigenvalue weighted by Crippen LogP contribution is 2.31. The summed E-state index contributed by atoms with van der Waals surface area (Å²) in [5.41, 5.74) is 10.4. The van der Waals surface area contributed by atoms with Crippen LogP contribution in [0.15, 0.2) is 54.0 Å². The third-order valence-corrected chi connectivity index (χ3v) is 5.66. The van der Waals surface area contributed by atoms with Crippen molar-refractivity contribution in [2.45, 2.75) is 38.8 Å². The number of allylic oxidation sites excluding steroid dienone is 1. The first-order valence-electron chi connectivity index (χ1n) is 10.8. The maximum Gasteiger partial charge on any atom is 0.148 e. The highest BCUT2D eigenvalue weighted by Gasteiger charge is 2.19. The molecule has 8 nitrogen and oxygen atoms in total. The molecule has 3 aromatic heterocycles. The van der Waals surface area contributed by atoms with Gasteiger partial charge in [-0.15, -0.1) is 0 Å². The standard InChI is InChI=1S/C24H27N7O/c1-16(30-20-6-9-27-10-7-20)21(13-26)18-11-23(24-19(12-25)14-29-31(24)15-18)32-17(2)22-5-3-4-8-28-22/h3-5,8,11,13-15,17,20,27H,6-7,9-10,26H2,1-2H3/b21-13+,30-16?. The van der Waals surface area contributed by atoms with E-state index in [0.29, 0.717) is 16.8 Å². The molecule has 3 aromatic rings. The molecule has 1 saturated heterocycles. The van der Waals surface area contributed by atoms with E-state index in [4.69, 9.17) is 15.5 Å². The smallest absolute Gasteiger partial charge is 0.148 e. The predicted molar refractivity (Wildman–Crippen MR) is 124 cm³/mol. The lowest BCUT2D eigenvalue weighted by molar-refractivity contribution is 0.224. The van der Waals surface area contributed by atoms with Gasteiger partial charge in [-0.05, 0) is 58.0 Å². The molecule has 1 aliphatic rings. The predicted octanol–water partition coefficient (Wildman–Crippen LogP) is 3.25. The minimum Gasteiger partial charge on any atom is -0.482 e. The summed E-state index contributed by atoms with van der Waals surface area (Å²) < 4.78 is 7.95. The molecule has 0 bridgehead atoms. The Bertz CT molecular complexity index is 1180. The zero-order valence-electron chi connectivity index (χ0n) is 18.3. The van der Waals surface area contributed by atoms with E-state index in [1.54, 1.807) is 23.1 Å². The number of ether oxygens (including phenoxy) is 1. The van der Waals surface area contributed by atoms with Gasteiger partial charge in [-0.3, -0.25) is 9.98 Å². The van der Waals surface area contributed by atoms with Crippen molar-refractivity contribution in [2.24, 2.45) is 10.7 Å². The van der Waals surface area contributed by atoms with Gasteiger partial charge in [-0.25, -0.2) is 4.52 Å². The van der Waals surface area contributed by atoms with Crippen molar-refractivity contribution in [3.63, 3.8) is 0 Å². The van der Waals surface area contributed by atoms with Gasteiger partial charge in [0.25, 0.3) is 0 Å². The van der Waals surface area contributed by atoms with Gasteiger partial charge in [0.1, 0.15) is 29.0 Å². The summed E-state index contributed by atoms with van der Waals surface area (Å²) in [4.78, 5) is 9.30. The average molecular weight is 430 g/mol. The van der Waals surface area contributed by atoms with Crippen molar-refractivity contribution in [1.29, 1.82) is 5.26 Å². The summed E-state index contributed by atoms with van der Waals surface area (Å²) in [5.74, 6) is 0.545. The maximum atomic E-state index is 9.57. The van der Waals surface area contributed by atoms with Crippen LogP contribution < -0.4 is 15.8 Å². The van der Waals surface area contributed by atoms with Gasteiger partial charge in [0.15, 0.2) is 0 Å². The Morgan fingerprint density at radius 3 is 2.91 bits per heavy atom. The number of hydrogen-bond acceptors (Lipinski definition) is 7. The fourth-order valence-electron chi connectivity index (χ4n) is 3.98. The number of aliphatic imine (C=N–C) groups is 1. The maximum absolute atomic E-state index is 9.57. The number of pyridine rings is 2. The number of piperidine rings is 1. The summed E-state index contributed by atoms with van der Waals surface area (Å²) in [6, 6.07) is 10.1. The Kier molecular flexibility index (Phi) is 6.47. The number of fused-ring (bicyclic) bond motifs is 1. The molecule has 0 spiro atoms. The quantitative estimate of drug-likeness (QED) is 0.582. The van der Waals surface area contributed by atoms with Crippen LogP contribution in [0.5, 0.6) is 5.75 Å². The van der Waals surface area contributed by atoms with Crippen molar-refractivity contribution in [1.82, 2.24) is 19.9 Å². The largest absolute Gasteiger partial charge is 0.482 e. The zero-order chi connectivity index (χ0) is 22.5. The SMILES string of the molecule is CC(=NC1CCNCC1)/C(=C\N)c1cc(OC(C)c2ccccn2)c2c(C#N)cnn2c1. The third-order valence-electron chi connectivity index (χ3n) is 5.66. The van der Waals surface area contributed by atoms with E-state index in [-0.39, 0.29) is 12.1 Å². The van der Waals surface area contributed by atoms with E-state index >= 15 is 0 Å². The molecule has 1 unspecified atom stereocenters. The summed E-state index contributed by atoms with van der Waals surface area (Å²) in [6.45, 7) is 5.86. The van der Waals surface area contributed by atoms with E-state index in [1.165, 1.54) is 0 Å². The first-order valence-corrected chi connectivity index (χ1v) is 10.8. The Balaban J connectivity index is 1.73. The molecule has 1 atom stereocenters. The number of aromatic nitrogens is 3. The fraction of sp³-hybridized carbons (Fsp3) is 0.333. The number of hydrogen-bond donors (Lipinski definition) is 2. The number of rotatable bonds is 6. The Hall–Kier alpha value is -3.70.